The van der Waals surface area contributed by atoms with Crippen LogP contribution in [0.4, 0.5) is 0 Å². The Morgan fingerprint density at radius 2 is 0.484 bits per heavy atom. The van der Waals surface area contributed by atoms with E-state index in [2.05, 4.69) is 41.5 Å². The van der Waals surface area contributed by atoms with E-state index < -0.39 is 97.5 Å². The maximum atomic E-state index is 13.1. The number of hydrogen-bond acceptors (Lipinski definition) is 15. The number of ether oxygens (including phenoxy) is 4. The van der Waals surface area contributed by atoms with Gasteiger partial charge in [-0.3, -0.25) is 37.3 Å². The summed E-state index contributed by atoms with van der Waals surface area (Å²) in [5.41, 5.74) is 0. The van der Waals surface area contributed by atoms with Crippen molar-refractivity contribution in [2.24, 2.45) is 11.8 Å². The standard InChI is InChI=1S/C76H148O17P2/c1-7-9-11-13-15-17-19-29-36-42-48-54-60-75(80)92-71(64-86-73(78)58-52-46-40-34-26-18-16-14-12-10-8-2)66-90-94(82,83)88-62-70(77)63-89-95(84,85)91-67-72(65-87-74(79)59-53-47-41-35-30-25-24-28-33-39-45-51-57-69(5)6)93-76(81)61-55-49-43-37-31-23-21-20-22-27-32-38-44-50-56-68(3)4/h68-72,77H,7-67H2,1-6H3,(H,82,83)(H,84,85)/t70-,71+,72+/m0/s1. The second kappa shape index (κ2) is 67.9. The molecule has 2 unspecified atom stereocenters. The zero-order valence-electron chi connectivity index (χ0n) is 62.0. The molecule has 0 rings (SSSR count). The van der Waals surface area contributed by atoms with Gasteiger partial charge in [0.2, 0.25) is 0 Å². The number of phosphoric acid groups is 2. The fourth-order valence-electron chi connectivity index (χ4n) is 11.7. The molecule has 0 fully saturated rings. The molecule has 0 aromatic heterocycles. The topological polar surface area (TPSA) is 237 Å². The van der Waals surface area contributed by atoms with Crippen molar-refractivity contribution in [2.45, 2.75) is 413 Å². The number of carbonyl (C=O) groups excluding carboxylic acids is 4. The van der Waals surface area contributed by atoms with Crippen molar-refractivity contribution in [1.82, 2.24) is 0 Å². The predicted molar refractivity (Wildman–Crippen MR) is 386 cm³/mol. The third-order valence-electron chi connectivity index (χ3n) is 17.7. The molecule has 95 heavy (non-hydrogen) atoms. The highest BCUT2D eigenvalue weighted by Gasteiger charge is 2.30. The van der Waals surface area contributed by atoms with Crippen LogP contribution in [0.15, 0.2) is 0 Å². The lowest BCUT2D eigenvalue weighted by Crippen LogP contribution is -2.30. The van der Waals surface area contributed by atoms with E-state index in [-0.39, 0.29) is 25.7 Å². The molecule has 0 amide bonds. The van der Waals surface area contributed by atoms with Crippen LogP contribution in [0, 0.1) is 11.8 Å². The first kappa shape index (κ1) is 93.1. The Morgan fingerprint density at radius 1 is 0.284 bits per heavy atom. The Labute approximate surface area is 581 Å². The molecule has 0 aromatic rings. The van der Waals surface area contributed by atoms with Crippen LogP contribution < -0.4 is 0 Å². The summed E-state index contributed by atoms with van der Waals surface area (Å²) in [7, 11) is -9.91. The molecule has 564 valence electrons. The summed E-state index contributed by atoms with van der Waals surface area (Å²) in [6, 6.07) is 0. The molecule has 17 nitrogen and oxygen atoms in total. The Kier molecular flexibility index (Phi) is 66.5. The second-order valence-corrected chi connectivity index (χ2v) is 31.3. The molecule has 0 radical (unpaired) electrons. The van der Waals surface area contributed by atoms with Crippen molar-refractivity contribution >= 4 is 39.5 Å². The molecule has 0 aliphatic rings. The molecule has 0 aliphatic heterocycles. The summed E-state index contributed by atoms with van der Waals surface area (Å²) in [6.45, 7) is 9.63. The van der Waals surface area contributed by atoms with E-state index in [4.69, 9.17) is 37.0 Å². The third-order valence-corrected chi connectivity index (χ3v) is 19.6. The van der Waals surface area contributed by atoms with E-state index in [1.807, 2.05) is 0 Å². The van der Waals surface area contributed by atoms with Crippen LogP contribution in [0.25, 0.3) is 0 Å². The van der Waals surface area contributed by atoms with Gasteiger partial charge in [-0.25, -0.2) is 9.13 Å². The molecule has 0 aliphatic carbocycles. The van der Waals surface area contributed by atoms with Crippen molar-refractivity contribution in [3.63, 3.8) is 0 Å². The number of aliphatic hydroxyl groups excluding tert-OH is 1. The molecule has 0 spiro atoms. The van der Waals surface area contributed by atoms with Crippen molar-refractivity contribution in [1.29, 1.82) is 0 Å². The number of carbonyl (C=O) groups is 4. The molecule has 19 heteroatoms. The second-order valence-electron chi connectivity index (χ2n) is 28.3. The molecule has 0 bridgehead atoms. The monoisotopic (exact) mass is 1400 g/mol. The van der Waals surface area contributed by atoms with E-state index in [9.17, 15) is 43.2 Å². The number of aliphatic hydroxyl groups is 1. The van der Waals surface area contributed by atoms with E-state index >= 15 is 0 Å². The Bertz CT molecular complexity index is 1840. The average Bonchev–Trinajstić information content (AvgIpc) is 1.29. The first-order valence-corrected chi connectivity index (χ1v) is 42.5. The minimum Gasteiger partial charge on any atom is -0.462 e. The highest BCUT2D eigenvalue weighted by molar-refractivity contribution is 7.47. The van der Waals surface area contributed by atoms with E-state index in [1.165, 1.54) is 212 Å². The Hall–Kier alpha value is -1.94. The molecular weight excluding hydrogens is 1250 g/mol. The fourth-order valence-corrected chi connectivity index (χ4v) is 13.2. The van der Waals surface area contributed by atoms with Gasteiger partial charge >= 0.3 is 39.5 Å². The van der Waals surface area contributed by atoms with Gasteiger partial charge < -0.3 is 33.8 Å². The van der Waals surface area contributed by atoms with Crippen molar-refractivity contribution in [2.75, 3.05) is 39.6 Å². The van der Waals surface area contributed by atoms with Gasteiger partial charge in [-0.1, -0.05) is 343 Å². The molecule has 5 atom stereocenters. The van der Waals surface area contributed by atoms with Crippen LogP contribution in [-0.4, -0.2) is 96.7 Å². The first-order chi connectivity index (χ1) is 45.9. The Balaban J connectivity index is 5.25. The molecule has 0 heterocycles. The number of phosphoric ester groups is 2. The smallest absolute Gasteiger partial charge is 0.462 e. The fraction of sp³-hybridized carbons (Fsp3) is 0.947. The summed E-state index contributed by atoms with van der Waals surface area (Å²) < 4.78 is 68.5. The van der Waals surface area contributed by atoms with Crippen LogP contribution in [0.5, 0.6) is 0 Å². The van der Waals surface area contributed by atoms with Gasteiger partial charge in [0.25, 0.3) is 0 Å². The van der Waals surface area contributed by atoms with Crippen LogP contribution in [0.1, 0.15) is 395 Å². The van der Waals surface area contributed by atoms with Crippen LogP contribution in [0.2, 0.25) is 0 Å². The average molecular weight is 1400 g/mol. The molecule has 0 saturated heterocycles. The van der Waals surface area contributed by atoms with E-state index in [0.29, 0.717) is 25.7 Å². The van der Waals surface area contributed by atoms with Gasteiger partial charge in [0.1, 0.15) is 19.3 Å². The highest BCUT2D eigenvalue weighted by atomic mass is 31.2. The highest BCUT2D eigenvalue weighted by Crippen LogP contribution is 2.45. The number of esters is 4. The zero-order chi connectivity index (χ0) is 70.0. The minimum absolute atomic E-state index is 0.108. The molecule has 0 aromatic carbocycles. The summed E-state index contributed by atoms with van der Waals surface area (Å²) in [6.07, 6.45) is 55.3. The lowest BCUT2D eigenvalue weighted by atomic mass is 10.0. The van der Waals surface area contributed by atoms with Gasteiger partial charge in [0.15, 0.2) is 12.2 Å². The summed E-state index contributed by atoms with van der Waals surface area (Å²) >= 11 is 0. The van der Waals surface area contributed by atoms with E-state index in [0.717, 1.165) is 102 Å². The maximum Gasteiger partial charge on any atom is 0.472 e. The normalized spacial score (nSPS) is 14.0. The molecule has 3 N–H and O–H groups in total. The van der Waals surface area contributed by atoms with Crippen LogP contribution in [-0.2, 0) is 65.4 Å². The first-order valence-electron chi connectivity index (χ1n) is 39.5. The third kappa shape index (κ3) is 70.3. The van der Waals surface area contributed by atoms with Gasteiger partial charge in [-0.15, -0.1) is 0 Å². The van der Waals surface area contributed by atoms with Gasteiger partial charge in [0.05, 0.1) is 26.4 Å². The van der Waals surface area contributed by atoms with Gasteiger partial charge in [0, 0.05) is 25.7 Å². The van der Waals surface area contributed by atoms with Crippen molar-refractivity contribution < 1.29 is 80.2 Å². The van der Waals surface area contributed by atoms with Crippen LogP contribution in [0.3, 0.4) is 0 Å². The number of unbranched alkanes of at least 4 members (excludes halogenated alkanes) is 45. The Morgan fingerprint density at radius 3 is 0.716 bits per heavy atom. The lowest BCUT2D eigenvalue weighted by molar-refractivity contribution is -0.161. The van der Waals surface area contributed by atoms with Crippen molar-refractivity contribution in [3.8, 4) is 0 Å². The zero-order valence-corrected chi connectivity index (χ0v) is 63.8. The van der Waals surface area contributed by atoms with E-state index in [1.54, 1.807) is 0 Å². The SMILES string of the molecule is CCCCCCCCCCCCCCC(=O)O[C@H](COC(=O)CCCCCCCCCCCCC)COP(=O)(O)OC[C@H](O)COP(=O)(O)OC[C@@H](COC(=O)CCCCCCCCCCCCCCC(C)C)OC(=O)CCCCCCCCCCCCCCCCC(C)C. The number of hydrogen-bond donors (Lipinski definition) is 3. The molecular formula is C76H148O17P2. The maximum absolute atomic E-state index is 13.1. The van der Waals surface area contributed by atoms with Gasteiger partial charge in [-0.2, -0.15) is 0 Å². The van der Waals surface area contributed by atoms with Crippen LogP contribution >= 0.6 is 15.6 Å². The number of rotatable bonds is 75. The summed E-state index contributed by atoms with van der Waals surface area (Å²) in [4.78, 5) is 72.8. The largest absolute Gasteiger partial charge is 0.472 e. The quantitative estimate of drug-likeness (QED) is 0.0222. The molecule has 0 saturated carbocycles. The van der Waals surface area contributed by atoms with Crippen molar-refractivity contribution in [3.05, 3.63) is 0 Å². The predicted octanol–water partition coefficient (Wildman–Crippen LogP) is 22.3. The summed E-state index contributed by atoms with van der Waals surface area (Å²) in [5.74, 6) is -0.536. The minimum atomic E-state index is -4.96. The summed E-state index contributed by atoms with van der Waals surface area (Å²) in [5, 5.41) is 10.6. The van der Waals surface area contributed by atoms with Gasteiger partial charge in [-0.05, 0) is 37.5 Å². The lowest BCUT2D eigenvalue weighted by Gasteiger charge is -2.21.